The summed E-state index contributed by atoms with van der Waals surface area (Å²) in [5.74, 6) is -0.109. The van der Waals surface area contributed by atoms with Crippen molar-refractivity contribution in [2.24, 2.45) is 17.6 Å². The molecule has 0 bridgehead atoms. The summed E-state index contributed by atoms with van der Waals surface area (Å²) in [5.41, 5.74) is 6.73. The van der Waals surface area contributed by atoms with Gasteiger partial charge >= 0.3 is 0 Å². The topological polar surface area (TPSA) is 54.7 Å². The fourth-order valence-corrected chi connectivity index (χ4v) is 2.36. The summed E-state index contributed by atoms with van der Waals surface area (Å²) < 4.78 is 26.2. The Morgan fingerprint density at radius 2 is 1.95 bits per heavy atom. The van der Waals surface area contributed by atoms with E-state index in [9.17, 15) is 8.78 Å². The van der Waals surface area contributed by atoms with Crippen molar-refractivity contribution in [1.82, 2.24) is 9.97 Å². The number of hydrogen-bond acceptors (Lipinski definition) is 2. The Kier molecular flexibility index (Phi) is 4.14. The number of nitrogens with two attached hydrogens (primary N) is 1. The van der Waals surface area contributed by atoms with Crippen LogP contribution in [0.15, 0.2) is 12.1 Å². The first-order chi connectivity index (χ1) is 8.99. The molecule has 0 fully saturated rings. The van der Waals surface area contributed by atoms with E-state index in [1.54, 1.807) is 0 Å². The van der Waals surface area contributed by atoms with Gasteiger partial charge in [0.15, 0.2) is 11.6 Å². The third-order valence-electron chi connectivity index (χ3n) is 3.19. The van der Waals surface area contributed by atoms with Crippen LogP contribution in [0, 0.1) is 23.5 Å². The average molecular weight is 267 g/mol. The van der Waals surface area contributed by atoms with Crippen LogP contribution in [0.25, 0.3) is 11.0 Å². The van der Waals surface area contributed by atoms with Crippen LogP contribution in [0.1, 0.15) is 26.1 Å². The van der Waals surface area contributed by atoms with Crippen LogP contribution in [0.3, 0.4) is 0 Å². The van der Waals surface area contributed by atoms with Gasteiger partial charge in [-0.25, -0.2) is 13.8 Å². The zero-order chi connectivity index (χ0) is 14.0. The molecule has 104 valence electrons. The van der Waals surface area contributed by atoms with Crippen molar-refractivity contribution in [3.63, 3.8) is 0 Å². The molecule has 19 heavy (non-hydrogen) atoms. The van der Waals surface area contributed by atoms with Crippen LogP contribution in [0.5, 0.6) is 0 Å². The molecule has 1 heterocycles. The molecule has 3 N–H and O–H groups in total. The number of aromatic amines is 1. The number of benzene rings is 1. The van der Waals surface area contributed by atoms with E-state index in [1.165, 1.54) is 0 Å². The second-order valence-electron chi connectivity index (χ2n) is 5.40. The van der Waals surface area contributed by atoms with Crippen molar-refractivity contribution < 1.29 is 8.78 Å². The number of fused-ring (bicyclic) bond motifs is 1. The van der Waals surface area contributed by atoms with Gasteiger partial charge in [-0.15, -0.1) is 0 Å². The molecule has 0 amide bonds. The largest absolute Gasteiger partial charge is 0.342 e. The Bertz CT molecular complexity index is 524. The summed E-state index contributed by atoms with van der Waals surface area (Å²) in [4.78, 5) is 7.32. The number of imidazole rings is 1. The highest BCUT2D eigenvalue weighted by molar-refractivity contribution is 5.75. The predicted octanol–water partition coefficient (Wildman–Crippen LogP) is 3.00. The zero-order valence-electron chi connectivity index (χ0n) is 11.2. The number of nitrogens with zero attached hydrogens (tertiary/aromatic N) is 1. The van der Waals surface area contributed by atoms with Crippen molar-refractivity contribution in [3.8, 4) is 0 Å². The molecule has 3 nitrogen and oxygen atoms in total. The molecule has 1 aromatic carbocycles. The molecule has 0 aliphatic heterocycles. The number of halogens is 2. The van der Waals surface area contributed by atoms with Crippen LogP contribution in [-0.2, 0) is 6.42 Å². The van der Waals surface area contributed by atoms with E-state index >= 15 is 0 Å². The highest BCUT2D eigenvalue weighted by atomic mass is 19.2. The second-order valence-corrected chi connectivity index (χ2v) is 5.40. The van der Waals surface area contributed by atoms with E-state index in [4.69, 9.17) is 5.73 Å². The second kappa shape index (κ2) is 5.65. The lowest BCUT2D eigenvalue weighted by molar-refractivity contribution is 0.410. The van der Waals surface area contributed by atoms with Gasteiger partial charge in [0, 0.05) is 18.6 Å². The average Bonchev–Trinajstić information content (AvgIpc) is 2.69. The standard InChI is InChI=1S/C14H19F2N3/c1-8(2)3-9(7-17)4-14-18-12-5-10(15)11(16)6-13(12)19-14/h5-6,8-9H,3-4,7,17H2,1-2H3,(H,18,19). The normalized spacial score (nSPS) is 13.4. The number of nitrogens with one attached hydrogen (secondary N) is 1. The van der Waals surface area contributed by atoms with Gasteiger partial charge in [-0.1, -0.05) is 13.8 Å². The van der Waals surface area contributed by atoms with Crippen LogP contribution in [0.2, 0.25) is 0 Å². The maximum absolute atomic E-state index is 13.1. The Hall–Kier alpha value is -1.49. The van der Waals surface area contributed by atoms with Gasteiger partial charge in [0.25, 0.3) is 0 Å². The number of aromatic nitrogens is 2. The molecule has 2 rings (SSSR count). The lowest BCUT2D eigenvalue weighted by Crippen LogP contribution is -2.19. The van der Waals surface area contributed by atoms with Gasteiger partial charge in [-0.3, -0.25) is 0 Å². The molecule has 1 aromatic heterocycles. The number of hydrogen-bond donors (Lipinski definition) is 2. The Balaban J connectivity index is 2.21. The fraction of sp³-hybridized carbons (Fsp3) is 0.500. The summed E-state index contributed by atoms with van der Waals surface area (Å²) in [5, 5.41) is 0. The van der Waals surface area contributed by atoms with Crippen molar-refractivity contribution in [2.45, 2.75) is 26.7 Å². The van der Waals surface area contributed by atoms with Gasteiger partial charge in [0.1, 0.15) is 5.82 Å². The van der Waals surface area contributed by atoms with Crippen LogP contribution >= 0.6 is 0 Å². The van der Waals surface area contributed by atoms with E-state index in [-0.39, 0.29) is 0 Å². The predicted molar refractivity (Wildman–Crippen MR) is 71.7 cm³/mol. The zero-order valence-corrected chi connectivity index (χ0v) is 11.2. The summed E-state index contributed by atoms with van der Waals surface area (Å²) in [6, 6.07) is 2.26. The van der Waals surface area contributed by atoms with E-state index < -0.39 is 11.6 Å². The van der Waals surface area contributed by atoms with Gasteiger partial charge in [0.05, 0.1) is 11.0 Å². The van der Waals surface area contributed by atoms with E-state index in [0.717, 1.165) is 24.4 Å². The molecular formula is C14H19F2N3. The monoisotopic (exact) mass is 267 g/mol. The van der Waals surface area contributed by atoms with E-state index in [0.29, 0.717) is 35.8 Å². The van der Waals surface area contributed by atoms with Crippen LogP contribution in [0.4, 0.5) is 8.78 Å². The first-order valence-corrected chi connectivity index (χ1v) is 6.53. The molecule has 1 atom stereocenters. The fourth-order valence-electron chi connectivity index (χ4n) is 2.36. The molecule has 0 radical (unpaired) electrons. The minimum Gasteiger partial charge on any atom is -0.342 e. The molecule has 1 unspecified atom stereocenters. The molecule has 0 saturated carbocycles. The number of H-pyrrole nitrogens is 1. The van der Waals surface area contributed by atoms with Crippen molar-refractivity contribution in [2.75, 3.05) is 6.54 Å². The van der Waals surface area contributed by atoms with Crippen molar-refractivity contribution in [1.29, 1.82) is 0 Å². The van der Waals surface area contributed by atoms with E-state index in [2.05, 4.69) is 23.8 Å². The molecule has 0 saturated heterocycles. The molecule has 5 heteroatoms. The minimum atomic E-state index is -0.872. The summed E-state index contributed by atoms with van der Waals surface area (Å²) in [6.45, 7) is 4.87. The maximum atomic E-state index is 13.1. The maximum Gasteiger partial charge on any atom is 0.161 e. The summed E-state index contributed by atoms with van der Waals surface area (Å²) >= 11 is 0. The first kappa shape index (κ1) is 13.9. The number of rotatable bonds is 5. The van der Waals surface area contributed by atoms with Gasteiger partial charge in [0.2, 0.25) is 0 Å². The molecule has 0 spiro atoms. The first-order valence-electron chi connectivity index (χ1n) is 6.53. The molecular weight excluding hydrogens is 248 g/mol. The van der Waals surface area contributed by atoms with Gasteiger partial charge < -0.3 is 10.7 Å². The van der Waals surface area contributed by atoms with Crippen molar-refractivity contribution >= 4 is 11.0 Å². The SMILES string of the molecule is CC(C)CC(CN)Cc1nc2cc(F)c(F)cc2[nH]1. The third kappa shape index (κ3) is 3.29. The quantitative estimate of drug-likeness (QED) is 0.875. The van der Waals surface area contributed by atoms with E-state index in [1.807, 2.05) is 0 Å². The summed E-state index contributed by atoms with van der Waals surface area (Å²) in [7, 11) is 0. The highest BCUT2D eigenvalue weighted by Crippen LogP contribution is 2.19. The Labute approximate surface area is 111 Å². The third-order valence-corrected chi connectivity index (χ3v) is 3.19. The molecule has 2 aromatic rings. The van der Waals surface area contributed by atoms with Crippen molar-refractivity contribution in [3.05, 3.63) is 29.6 Å². The smallest absolute Gasteiger partial charge is 0.161 e. The van der Waals surface area contributed by atoms with Crippen LogP contribution in [-0.4, -0.2) is 16.5 Å². The lowest BCUT2D eigenvalue weighted by Gasteiger charge is -2.15. The lowest BCUT2D eigenvalue weighted by atomic mass is 9.94. The highest BCUT2D eigenvalue weighted by Gasteiger charge is 2.14. The minimum absolute atomic E-state index is 0.329. The van der Waals surface area contributed by atoms with Gasteiger partial charge in [-0.05, 0) is 24.8 Å². The molecule has 0 aliphatic rings. The van der Waals surface area contributed by atoms with Crippen LogP contribution < -0.4 is 5.73 Å². The molecule has 0 aliphatic carbocycles. The van der Waals surface area contributed by atoms with Gasteiger partial charge in [-0.2, -0.15) is 0 Å². The summed E-state index contributed by atoms with van der Waals surface area (Å²) in [6.07, 6.45) is 1.71. The Morgan fingerprint density at radius 1 is 1.26 bits per heavy atom. The Morgan fingerprint density at radius 3 is 2.58 bits per heavy atom.